The summed E-state index contributed by atoms with van der Waals surface area (Å²) in [6.07, 6.45) is 4.34. The third-order valence-corrected chi connectivity index (χ3v) is 2.48. The quantitative estimate of drug-likeness (QED) is 0.759. The van der Waals surface area contributed by atoms with Gasteiger partial charge in [-0.3, -0.25) is 0 Å². The summed E-state index contributed by atoms with van der Waals surface area (Å²) in [7, 11) is 1.64. The topological polar surface area (TPSA) is 50.4 Å². The lowest BCUT2D eigenvalue weighted by atomic mass is 10.1. The molecule has 2 N–H and O–H groups in total. The molecule has 1 rings (SSSR count). The summed E-state index contributed by atoms with van der Waals surface area (Å²) in [6.45, 7) is 3.29. The summed E-state index contributed by atoms with van der Waals surface area (Å²) in [4.78, 5) is 11.4. The smallest absolute Gasteiger partial charge is 0.318 e. The van der Waals surface area contributed by atoms with E-state index in [1.165, 1.54) is 5.56 Å². The molecule has 18 heavy (non-hydrogen) atoms. The average molecular weight is 248 g/mol. The van der Waals surface area contributed by atoms with Gasteiger partial charge in [0.25, 0.3) is 0 Å². The van der Waals surface area contributed by atoms with Crippen molar-refractivity contribution in [2.24, 2.45) is 0 Å². The van der Waals surface area contributed by atoms with E-state index in [2.05, 4.69) is 10.6 Å². The van der Waals surface area contributed by atoms with Crippen LogP contribution in [0.2, 0.25) is 0 Å². The van der Waals surface area contributed by atoms with Gasteiger partial charge in [-0.25, -0.2) is 4.79 Å². The maximum absolute atomic E-state index is 11.4. The number of hydrogen-bond donors (Lipinski definition) is 2. The molecule has 0 spiro atoms. The molecule has 0 saturated carbocycles. The average Bonchev–Trinajstić information content (AvgIpc) is 2.37. The van der Waals surface area contributed by atoms with Crippen LogP contribution in [0.15, 0.2) is 30.5 Å². The molecular formula is C14H20N2O2. The van der Waals surface area contributed by atoms with Crippen molar-refractivity contribution in [1.29, 1.82) is 0 Å². The van der Waals surface area contributed by atoms with Crippen LogP contribution in [0.4, 0.5) is 4.79 Å². The molecule has 0 atom stereocenters. The number of hydrogen-bond acceptors (Lipinski definition) is 2. The summed E-state index contributed by atoms with van der Waals surface area (Å²) in [6, 6.07) is 7.80. The van der Waals surface area contributed by atoms with E-state index in [1.807, 2.05) is 37.3 Å². The third-order valence-electron chi connectivity index (χ3n) is 2.48. The Kier molecular flexibility index (Phi) is 6.58. The summed E-state index contributed by atoms with van der Waals surface area (Å²) in [5, 5.41) is 5.40. The molecule has 4 heteroatoms. The zero-order valence-electron chi connectivity index (χ0n) is 10.9. The summed E-state index contributed by atoms with van der Waals surface area (Å²) < 4.78 is 4.89. The molecule has 0 fully saturated rings. The van der Waals surface area contributed by atoms with Crippen molar-refractivity contribution in [2.75, 3.05) is 20.3 Å². The van der Waals surface area contributed by atoms with E-state index in [0.717, 1.165) is 12.0 Å². The molecule has 0 aliphatic rings. The molecule has 0 radical (unpaired) electrons. The van der Waals surface area contributed by atoms with E-state index in [-0.39, 0.29) is 6.03 Å². The Bertz CT molecular complexity index is 403. The van der Waals surface area contributed by atoms with Crippen molar-refractivity contribution >= 4 is 12.1 Å². The predicted octanol–water partition coefficient (Wildman–Crippen LogP) is 2.30. The van der Waals surface area contributed by atoms with Crippen molar-refractivity contribution in [3.8, 4) is 0 Å². The number of carbonyl (C=O) groups excluding carboxylic acids is 1. The van der Waals surface area contributed by atoms with Crippen LogP contribution < -0.4 is 10.6 Å². The van der Waals surface area contributed by atoms with E-state index in [1.54, 1.807) is 13.3 Å². The van der Waals surface area contributed by atoms with Crippen molar-refractivity contribution < 1.29 is 9.53 Å². The van der Waals surface area contributed by atoms with E-state index in [4.69, 9.17) is 4.74 Å². The van der Waals surface area contributed by atoms with Crippen LogP contribution in [-0.4, -0.2) is 26.3 Å². The highest BCUT2D eigenvalue weighted by molar-refractivity contribution is 5.75. The van der Waals surface area contributed by atoms with Crippen LogP contribution in [-0.2, 0) is 4.74 Å². The number of amides is 2. The summed E-state index contributed by atoms with van der Waals surface area (Å²) >= 11 is 0. The Morgan fingerprint density at radius 1 is 1.39 bits per heavy atom. The third kappa shape index (κ3) is 5.50. The minimum atomic E-state index is -0.198. The fourth-order valence-corrected chi connectivity index (χ4v) is 1.45. The number of ether oxygens (including phenoxy) is 1. The minimum absolute atomic E-state index is 0.198. The maximum Gasteiger partial charge on any atom is 0.318 e. The fourth-order valence-electron chi connectivity index (χ4n) is 1.45. The lowest BCUT2D eigenvalue weighted by Gasteiger charge is -2.04. The zero-order valence-corrected chi connectivity index (χ0v) is 10.9. The van der Waals surface area contributed by atoms with Crippen LogP contribution >= 0.6 is 0 Å². The maximum atomic E-state index is 11.4. The molecule has 0 bridgehead atoms. The Balaban J connectivity index is 2.28. The highest BCUT2D eigenvalue weighted by Crippen LogP contribution is 2.07. The van der Waals surface area contributed by atoms with Gasteiger partial charge in [-0.05, 0) is 30.5 Å². The predicted molar refractivity (Wildman–Crippen MR) is 73.2 cm³/mol. The monoisotopic (exact) mass is 248 g/mol. The van der Waals surface area contributed by atoms with Crippen molar-refractivity contribution in [3.63, 3.8) is 0 Å². The van der Waals surface area contributed by atoms with Gasteiger partial charge < -0.3 is 15.4 Å². The number of nitrogens with one attached hydrogen (secondary N) is 2. The number of urea groups is 1. The van der Waals surface area contributed by atoms with Crippen molar-refractivity contribution in [1.82, 2.24) is 10.6 Å². The molecule has 0 aliphatic carbocycles. The Morgan fingerprint density at radius 3 is 2.89 bits per heavy atom. The van der Waals surface area contributed by atoms with Gasteiger partial charge in [-0.2, -0.15) is 0 Å². The van der Waals surface area contributed by atoms with E-state index in [0.29, 0.717) is 13.2 Å². The molecule has 98 valence electrons. The molecule has 0 heterocycles. The number of benzene rings is 1. The normalized spacial score (nSPS) is 10.6. The summed E-state index contributed by atoms with van der Waals surface area (Å²) in [5.74, 6) is 0. The zero-order chi connectivity index (χ0) is 13.2. The first-order valence-electron chi connectivity index (χ1n) is 5.99. The van der Waals surface area contributed by atoms with Crippen LogP contribution in [0.3, 0.4) is 0 Å². The first-order valence-corrected chi connectivity index (χ1v) is 5.99. The van der Waals surface area contributed by atoms with Crippen molar-refractivity contribution in [2.45, 2.75) is 13.3 Å². The van der Waals surface area contributed by atoms with Gasteiger partial charge in [-0.1, -0.05) is 24.3 Å². The fraction of sp³-hybridized carbons (Fsp3) is 0.357. The van der Waals surface area contributed by atoms with Gasteiger partial charge in [0.2, 0.25) is 0 Å². The van der Waals surface area contributed by atoms with Gasteiger partial charge in [0.15, 0.2) is 0 Å². The lowest BCUT2D eigenvalue weighted by molar-refractivity contribution is 0.193. The molecule has 2 amide bonds. The Labute approximate surface area is 108 Å². The molecule has 0 saturated heterocycles. The molecule has 1 aromatic rings. The molecular weight excluding hydrogens is 228 g/mol. The number of methoxy groups -OCH3 is 1. The second-order valence-corrected chi connectivity index (χ2v) is 3.94. The molecule has 0 aromatic heterocycles. The highest BCUT2D eigenvalue weighted by atomic mass is 16.5. The van der Waals surface area contributed by atoms with Gasteiger partial charge in [-0.15, -0.1) is 0 Å². The number of carbonyl (C=O) groups is 1. The molecule has 0 aliphatic heterocycles. The largest absolute Gasteiger partial charge is 0.385 e. The first-order chi connectivity index (χ1) is 8.74. The second-order valence-electron chi connectivity index (χ2n) is 3.94. The minimum Gasteiger partial charge on any atom is -0.385 e. The van der Waals surface area contributed by atoms with Gasteiger partial charge >= 0.3 is 6.03 Å². The standard InChI is InChI=1S/C14H20N2O2/c1-12-6-3-4-7-13(12)8-10-16-14(17)15-9-5-11-18-2/h3-4,6-8,10H,5,9,11H2,1-2H3,(H2,15,16,17)/b10-8+. The van der Waals surface area contributed by atoms with Gasteiger partial charge in [0.1, 0.15) is 0 Å². The molecule has 4 nitrogen and oxygen atoms in total. The van der Waals surface area contributed by atoms with Crippen LogP contribution in [0.1, 0.15) is 17.5 Å². The van der Waals surface area contributed by atoms with E-state index >= 15 is 0 Å². The number of aryl methyl sites for hydroxylation is 1. The number of rotatable bonds is 6. The first kappa shape index (κ1) is 14.3. The van der Waals surface area contributed by atoms with Crippen LogP contribution in [0.25, 0.3) is 6.08 Å². The highest BCUT2D eigenvalue weighted by Gasteiger charge is 1.95. The molecule has 0 unspecified atom stereocenters. The Hall–Kier alpha value is -1.81. The van der Waals surface area contributed by atoms with Gasteiger partial charge in [0.05, 0.1) is 0 Å². The second kappa shape index (κ2) is 8.31. The SMILES string of the molecule is COCCCNC(=O)N/C=C/c1ccccc1C. The van der Waals surface area contributed by atoms with E-state index in [9.17, 15) is 4.79 Å². The summed E-state index contributed by atoms with van der Waals surface area (Å²) in [5.41, 5.74) is 2.27. The van der Waals surface area contributed by atoms with Crippen LogP contribution in [0, 0.1) is 6.92 Å². The van der Waals surface area contributed by atoms with Gasteiger partial charge in [0, 0.05) is 26.5 Å². The lowest BCUT2D eigenvalue weighted by Crippen LogP contribution is -2.33. The Morgan fingerprint density at radius 2 is 2.17 bits per heavy atom. The van der Waals surface area contributed by atoms with Crippen molar-refractivity contribution in [3.05, 3.63) is 41.6 Å². The molecule has 1 aromatic carbocycles. The van der Waals surface area contributed by atoms with E-state index < -0.39 is 0 Å². The van der Waals surface area contributed by atoms with Crippen LogP contribution in [0.5, 0.6) is 0 Å².